The van der Waals surface area contributed by atoms with Crippen LogP contribution in [0.2, 0.25) is 0 Å². The van der Waals surface area contributed by atoms with Gasteiger partial charge < -0.3 is 5.32 Å². The number of rotatable bonds is 5. The Morgan fingerprint density at radius 3 is 2.65 bits per heavy atom. The number of hydrogen-bond donors (Lipinski definition) is 2. The SMILES string of the molecule is CCNc1ccncc1S(=O)(=O)Nc1ccc(C)nc1. The van der Waals surface area contributed by atoms with Gasteiger partial charge in [-0.3, -0.25) is 14.7 Å². The van der Waals surface area contributed by atoms with Gasteiger partial charge in [-0.15, -0.1) is 0 Å². The summed E-state index contributed by atoms with van der Waals surface area (Å²) in [5, 5.41) is 3.00. The molecule has 7 heteroatoms. The van der Waals surface area contributed by atoms with Crippen molar-refractivity contribution in [3.63, 3.8) is 0 Å². The van der Waals surface area contributed by atoms with Gasteiger partial charge in [-0.2, -0.15) is 0 Å². The molecule has 0 spiro atoms. The summed E-state index contributed by atoms with van der Waals surface area (Å²) in [6.45, 7) is 4.36. The fraction of sp³-hybridized carbons (Fsp3) is 0.231. The van der Waals surface area contributed by atoms with Crippen LogP contribution in [-0.4, -0.2) is 24.9 Å². The van der Waals surface area contributed by atoms with Gasteiger partial charge in [-0.05, 0) is 32.0 Å². The Kier molecular flexibility index (Phi) is 4.19. The Bertz CT molecular complexity index is 684. The molecule has 0 radical (unpaired) electrons. The van der Waals surface area contributed by atoms with Crippen LogP contribution in [0, 0.1) is 6.92 Å². The van der Waals surface area contributed by atoms with E-state index in [2.05, 4.69) is 20.0 Å². The second kappa shape index (κ2) is 5.87. The number of anilines is 2. The van der Waals surface area contributed by atoms with Crippen LogP contribution in [0.3, 0.4) is 0 Å². The molecule has 0 amide bonds. The number of nitrogens with zero attached hydrogens (tertiary/aromatic N) is 2. The average molecular weight is 292 g/mol. The third-order valence-electron chi connectivity index (χ3n) is 2.60. The molecule has 0 aliphatic rings. The maximum atomic E-state index is 12.4. The van der Waals surface area contributed by atoms with Gasteiger partial charge in [0.25, 0.3) is 10.0 Å². The van der Waals surface area contributed by atoms with E-state index in [1.807, 2.05) is 13.8 Å². The van der Waals surface area contributed by atoms with Gasteiger partial charge in [-0.1, -0.05) is 0 Å². The van der Waals surface area contributed by atoms with Gasteiger partial charge in [0.15, 0.2) is 0 Å². The summed E-state index contributed by atoms with van der Waals surface area (Å²) < 4.78 is 27.2. The van der Waals surface area contributed by atoms with Gasteiger partial charge in [-0.25, -0.2) is 8.42 Å². The number of aryl methyl sites for hydroxylation is 1. The molecule has 0 aromatic carbocycles. The molecule has 2 aromatic heterocycles. The second-order valence-electron chi connectivity index (χ2n) is 4.20. The summed E-state index contributed by atoms with van der Waals surface area (Å²) in [4.78, 5) is 8.05. The van der Waals surface area contributed by atoms with Crippen LogP contribution in [0.1, 0.15) is 12.6 Å². The summed E-state index contributed by atoms with van der Waals surface area (Å²) in [5.41, 5.74) is 1.76. The Morgan fingerprint density at radius 2 is 2.00 bits per heavy atom. The third kappa shape index (κ3) is 3.24. The zero-order chi connectivity index (χ0) is 14.6. The van der Waals surface area contributed by atoms with E-state index in [-0.39, 0.29) is 4.90 Å². The molecule has 2 N–H and O–H groups in total. The largest absolute Gasteiger partial charge is 0.384 e. The summed E-state index contributed by atoms with van der Waals surface area (Å²) in [6.07, 6.45) is 4.35. The predicted octanol–water partition coefficient (Wildman–Crippen LogP) is 2.02. The van der Waals surface area contributed by atoms with E-state index in [4.69, 9.17) is 0 Å². The number of sulfonamides is 1. The molecule has 0 fully saturated rings. The molecule has 2 aromatic rings. The zero-order valence-electron chi connectivity index (χ0n) is 11.3. The van der Waals surface area contributed by atoms with Crippen molar-refractivity contribution in [3.8, 4) is 0 Å². The van der Waals surface area contributed by atoms with E-state index >= 15 is 0 Å². The lowest BCUT2D eigenvalue weighted by Crippen LogP contribution is -2.16. The van der Waals surface area contributed by atoms with Crippen LogP contribution in [0.4, 0.5) is 11.4 Å². The van der Waals surface area contributed by atoms with Crippen molar-refractivity contribution >= 4 is 21.4 Å². The van der Waals surface area contributed by atoms with Crippen LogP contribution in [0.15, 0.2) is 41.7 Å². The van der Waals surface area contributed by atoms with Crippen molar-refractivity contribution in [2.45, 2.75) is 18.7 Å². The highest BCUT2D eigenvalue weighted by Crippen LogP contribution is 2.22. The van der Waals surface area contributed by atoms with E-state index in [1.54, 1.807) is 24.4 Å². The summed E-state index contributed by atoms with van der Waals surface area (Å²) in [7, 11) is -3.69. The van der Waals surface area contributed by atoms with Crippen molar-refractivity contribution in [2.24, 2.45) is 0 Å². The topological polar surface area (TPSA) is 84.0 Å². The molecule has 0 saturated carbocycles. The lowest BCUT2D eigenvalue weighted by Gasteiger charge is -2.12. The van der Waals surface area contributed by atoms with Crippen LogP contribution >= 0.6 is 0 Å². The van der Waals surface area contributed by atoms with Crippen LogP contribution in [0.25, 0.3) is 0 Å². The van der Waals surface area contributed by atoms with E-state index in [0.717, 1.165) is 5.69 Å². The van der Waals surface area contributed by atoms with Crippen LogP contribution < -0.4 is 10.0 Å². The maximum Gasteiger partial charge on any atom is 0.265 e. The van der Waals surface area contributed by atoms with Crippen molar-refractivity contribution in [1.29, 1.82) is 0 Å². The minimum Gasteiger partial charge on any atom is -0.384 e. The van der Waals surface area contributed by atoms with Gasteiger partial charge in [0.05, 0.1) is 17.6 Å². The fourth-order valence-electron chi connectivity index (χ4n) is 1.67. The molecule has 106 valence electrons. The van der Waals surface area contributed by atoms with Crippen molar-refractivity contribution in [1.82, 2.24) is 9.97 Å². The molecule has 0 aliphatic carbocycles. The number of hydrogen-bond acceptors (Lipinski definition) is 5. The minimum atomic E-state index is -3.69. The van der Waals surface area contributed by atoms with E-state index in [9.17, 15) is 8.42 Å². The molecule has 0 saturated heterocycles. The maximum absolute atomic E-state index is 12.4. The van der Waals surface area contributed by atoms with Crippen molar-refractivity contribution < 1.29 is 8.42 Å². The standard InChI is InChI=1S/C13H16N4O2S/c1-3-15-12-6-7-14-9-13(12)20(18,19)17-11-5-4-10(2)16-8-11/h4-9,17H,3H2,1-2H3,(H,14,15). The van der Waals surface area contributed by atoms with E-state index < -0.39 is 10.0 Å². The minimum absolute atomic E-state index is 0.113. The Morgan fingerprint density at radius 1 is 1.20 bits per heavy atom. The molecular formula is C13H16N4O2S. The normalized spacial score (nSPS) is 11.1. The Hall–Kier alpha value is -2.15. The number of nitrogens with one attached hydrogen (secondary N) is 2. The van der Waals surface area contributed by atoms with Crippen molar-refractivity contribution in [3.05, 3.63) is 42.5 Å². The lowest BCUT2D eigenvalue weighted by atomic mass is 10.4. The van der Waals surface area contributed by atoms with Gasteiger partial charge in [0, 0.05) is 24.6 Å². The molecule has 0 bridgehead atoms. The summed E-state index contributed by atoms with van der Waals surface area (Å²) in [5.74, 6) is 0. The molecule has 0 unspecified atom stereocenters. The number of pyridine rings is 2. The summed E-state index contributed by atoms with van der Waals surface area (Å²) >= 11 is 0. The first-order valence-corrected chi connectivity index (χ1v) is 7.64. The Labute approximate surface area is 118 Å². The molecule has 20 heavy (non-hydrogen) atoms. The second-order valence-corrected chi connectivity index (χ2v) is 5.85. The highest BCUT2D eigenvalue weighted by molar-refractivity contribution is 7.92. The zero-order valence-corrected chi connectivity index (χ0v) is 12.1. The predicted molar refractivity (Wildman–Crippen MR) is 78.2 cm³/mol. The van der Waals surface area contributed by atoms with Crippen LogP contribution in [0.5, 0.6) is 0 Å². The molecule has 0 aliphatic heterocycles. The van der Waals surface area contributed by atoms with Gasteiger partial charge in [0.1, 0.15) is 4.90 Å². The van der Waals surface area contributed by atoms with Crippen LogP contribution in [-0.2, 0) is 10.0 Å². The summed E-state index contributed by atoms with van der Waals surface area (Å²) in [6, 6.07) is 5.04. The highest BCUT2D eigenvalue weighted by atomic mass is 32.2. The molecule has 2 heterocycles. The number of aromatic nitrogens is 2. The highest BCUT2D eigenvalue weighted by Gasteiger charge is 2.18. The monoisotopic (exact) mass is 292 g/mol. The molecule has 2 rings (SSSR count). The van der Waals surface area contributed by atoms with E-state index in [0.29, 0.717) is 17.9 Å². The molecule has 0 atom stereocenters. The third-order valence-corrected chi connectivity index (χ3v) is 4.01. The first-order chi connectivity index (χ1) is 9.53. The average Bonchev–Trinajstić information content (AvgIpc) is 2.42. The first kappa shape index (κ1) is 14.3. The first-order valence-electron chi connectivity index (χ1n) is 6.16. The molecular weight excluding hydrogens is 276 g/mol. The fourth-order valence-corrected chi connectivity index (χ4v) is 2.84. The quantitative estimate of drug-likeness (QED) is 0.880. The van der Waals surface area contributed by atoms with E-state index in [1.165, 1.54) is 12.4 Å². The van der Waals surface area contributed by atoms with Gasteiger partial charge >= 0.3 is 0 Å². The molecule has 6 nitrogen and oxygen atoms in total. The smallest absolute Gasteiger partial charge is 0.265 e. The van der Waals surface area contributed by atoms with Gasteiger partial charge in [0.2, 0.25) is 0 Å². The Balaban J connectivity index is 2.33. The lowest BCUT2D eigenvalue weighted by molar-refractivity contribution is 0.601. The van der Waals surface area contributed by atoms with Crippen molar-refractivity contribution in [2.75, 3.05) is 16.6 Å².